The van der Waals surface area contributed by atoms with Crippen molar-refractivity contribution in [3.05, 3.63) is 77.2 Å². The van der Waals surface area contributed by atoms with Gasteiger partial charge < -0.3 is 14.3 Å². The molecular formula is C31H40N2O4. The van der Waals surface area contributed by atoms with Crippen molar-refractivity contribution in [1.29, 1.82) is 0 Å². The number of carbonyl (C=O) groups is 1. The standard InChI is InChI=1S/C31H40N2O4/c1-21(2)29(31(34)35)33(18-24-9-6-5-7-10-24)19-25-11-8-12-27(17-25)36-20-28-23(4)37-30(32-28)26-15-13-22(3)14-16-26/h5-7,9-10,13-16,21,25,27,29H,8,11-12,17-20H2,1-4H3,(H,34,35)/t25?,27?,29-/m0/s1. The highest BCUT2D eigenvalue weighted by Crippen LogP contribution is 2.30. The first-order chi connectivity index (χ1) is 17.8. The Labute approximate surface area is 220 Å². The van der Waals surface area contributed by atoms with Crippen LogP contribution < -0.4 is 0 Å². The minimum atomic E-state index is -0.750. The van der Waals surface area contributed by atoms with Crippen molar-refractivity contribution in [1.82, 2.24) is 9.88 Å². The van der Waals surface area contributed by atoms with Gasteiger partial charge in [-0.3, -0.25) is 9.69 Å². The SMILES string of the molecule is Cc1ccc(-c2nc(COC3CCCC(CN(Cc4ccccc4)[C@H](C(=O)O)C(C)C)C3)c(C)o2)cc1. The molecule has 0 amide bonds. The average molecular weight is 505 g/mol. The number of ether oxygens (including phenoxy) is 1. The number of nitrogens with zero attached hydrogens (tertiary/aromatic N) is 2. The monoisotopic (exact) mass is 504 g/mol. The largest absolute Gasteiger partial charge is 0.480 e. The van der Waals surface area contributed by atoms with E-state index < -0.39 is 12.0 Å². The summed E-state index contributed by atoms with van der Waals surface area (Å²) in [6, 6.07) is 17.8. The van der Waals surface area contributed by atoms with Crippen molar-refractivity contribution in [2.45, 2.75) is 78.7 Å². The first kappa shape index (κ1) is 27.1. The summed E-state index contributed by atoms with van der Waals surface area (Å²) in [7, 11) is 0. The van der Waals surface area contributed by atoms with Gasteiger partial charge in [0.1, 0.15) is 17.5 Å². The molecule has 0 spiro atoms. The minimum Gasteiger partial charge on any atom is -0.480 e. The third-order valence-electron chi connectivity index (χ3n) is 7.38. The number of aliphatic carboxylic acids is 1. The molecule has 37 heavy (non-hydrogen) atoms. The molecule has 198 valence electrons. The van der Waals surface area contributed by atoms with Gasteiger partial charge in [-0.25, -0.2) is 4.98 Å². The summed E-state index contributed by atoms with van der Waals surface area (Å²) in [6.07, 6.45) is 4.26. The number of carboxylic acids is 1. The van der Waals surface area contributed by atoms with E-state index in [0.29, 0.717) is 25.0 Å². The van der Waals surface area contributed by atoms with Crippen LogP contribution in [0.1, 0.15) is 62.1 Å². The summed E-state index contributed by atoms with van der Waals surface area (Å²) in [6.45, 7) is 9.81. The molecule has 1 fully saturated rings. The Kier molecular flexibility index (Phi) is 9.17. The Hall–Kier alpha value is -2.96. The summed E-state index contributed by atoms with van der Waals surface area (Å²) in [5.41, 5.74) is 4.15. The quantitative estimate of drug-likeness (QED) is 0.315. The maximum Gasteiger partial charge on any atom is 0.321 e. The highest BCUT2D eigenvalue weighted by atomic mass is 16.5. The predicted octanol–water partition coefficient (Wildman–Crippen LogP) is 6.65. The van der Waals surface area contributed by atoms with E-state index in [2.05, 4.69) is 36.1 Å². The van der Waals surface area contributed by atoms with Crippen LogP contribution in [0, 0.1) is 25.7 Å². The van der Waals surface area contributed by atoms with Crippen LogP contribution >= 0.6 is 0 Å². The lowest BCUT2D eigenvalue weighted by Crippen LogP contribution is -2.47. The molecule has 0 bridgehead atoms. The van der Waals surface area contributed by atoms with Gasteiger partial charge in [0.2, 0.25) is 5.89 Å². The van der Waals surface area contributed by atoms with Gasteiger partial charge in [0, 0.05) is 18.7 Å². The molecule has 1 saturated carbocycles. The Morgan fingerprint density at radius 2 is 1.84 bits per heavy atom. The van der Waals surface area contributed by atoms with Crippen LogP contribution in [0.25, 0.3) is 11.5 Å². The van der Waals surface area contributed by atoms with E-state index in [4.69, 9.17) is 14.1 Å². The first-order valence-corrected chi connectivity index (χ1v) is 13.5. The van der Waals surface area contributed by atoms with Gasteiger partial charge in [-0.05, 0) is 62.6 Å². The number of hydrogen-bond donors (Lipinski definition) is 1. The van der Waals surface area contributed by atoms with Gasteiger partial charge in [0.25, 0.3) is 0 Å². The maximum atomic E-state index is 12.2. The summed E-state index contributed by atoms with van der Waals surface area (Å²) in [5, 5.41) is 10.0. The van der Waals surface area contributed by atoms with Crippen LogP contribution in [0.5, 0.6) is 0 Å². The second-order valence-corrected chi connectivity index (χ2v) is 10.8. The van der Waals surface area contributed by atoms with Crippen LogP contribution in [0.4, 0.5) is 0 Å². The van der Waals surface area contributed by atoms with Gasteiger partial charge in [-0.1, -0.05) is 68.3 Å². The fourth-order valence-corrected chi connectivity index (χ4v) is 5.43. The smallest absolute Gasteiger partial charge is 0.321 e. The summed E-state index contributed by atoms with van der Waals surface area (Å²) in [4.78, 5) is 19.1. The normalized spacial score (nSPS) is 18.9. The van der Waals surface area contributed by atoms with Crippen LogP contribution in [0.2, 0.25) is 0 Å². The summed E-state index contributed by atoms with van der Waals surface area (Å²) in [5.74, 6) is 1.08. The van der Waals surface area contributed by atoms with Crippen molar-refractivity contribution in [2.75, 3.05) is 6.54 Å². The molecule has 0 saturated heterocycles. The lowest BCUT2D eigenvalue weighted by atomic mass is 9.86. The lowest BCUT2D eigenvalue weighted by molar-refractivity contribution is -0.146. The van der Waals surface area contributed by atoms with Gasteiger partial charge in [0.05, 0.1) is 12.7 Å². The molecule has 1 N–H and O–H groups in total. The van der Waals surface area contributed by atoms with E-state index in [0.717, 1.165) is 54.8 Å². The third kappa shape index (κ3) is 7.30. The molecule has 0 radical (unpaired) electrons. The fourth-order valence-electron chi connectivity index (χ4n) is 5.43. The molecule has 1 aliphatic rings. The number of hydrogen-bond acceptors (Lipinski definition) is 5. The molecule has 3 atom stereocenters. The Bertz CT molecular complexity index is 1140. The predicted molar refractivity (Wildman–Crippen MR) is 145 cm³/mol. The minimum absolute atomic E-state index is 0.0229. The van der Waals surface area contributed by atoms with Gasteiger partial charge in [-0.15, -0.1) is 0 Å². The van der Waals surface area contributed by atoms with Crippen LogP contribution in [0.15, 0.2) is 59.0 Å². The van der Waals surface area contributed by atoms with Crippen LogP contribution in [0.3, 0.4) is 0 Å². The van der Waals surface area contributed by atoms with E-state index in [9.17, 15) is 9.90 Å². The second kappa shape index (κ2) is 12.5. The number of aryl methyl sites for hydroxylation is 2. The molecule has 1 aliphatic carbocycles. The zero-order valence-corrected chi connectivity index (χ0v) is 22.5. The van der Waals surface area contributed by atoms with Gasteiger partial charge in [-0.2, -0.15) is 0 Å². The summed E-state index contributed by atoms with van der Waals surface area (Å²) < 4.78 is 12.3. The van der Waals surface area contributed by atoms with E-state index in [-0.39, 0.29) is 12.0 Å². The van der Waals surface area contributed by atoms with Crippen LogP contribution in [-0.2, 0) is 22.7 Å². The fraction of sp³-hybridized carbons (Fsp3) is 0.484. The van der Waals surface area contributed by atoms with Crippen LogP contribution in [-0.4, -0.2) is 39.7 Å². The zero-order chi connectivity index (χ0) is 26.4. The molecular weight excluding hydrogens is 464 g/mol. The molecule has 1 heterocycles. The molecule has 2 unspecified atom stereocenters. The summed E-state index contributed by atoms with van der Waals surface area (Å²) >= 11 is 0. The first-order valence-electron chi connectivity index (χ1n) is 13.5. The Morgan fingerprint density at radius 3 is 2.51 bits per heavy atom. The highest BCUT2D eigenvalue weighted by Gasteiger charge is 2.32. The molecule has 2 aromatic carbocycles. The second-order valence-electron chi connectivity index (χ2n) is 10.8. The molecule has 6 nitrogen and oxygen atoms in total. The van der Waals surface area contributed by atoms with E-state index in [1.54, 1.807) is 0 Å². The van der Waals surface area contributed by atoms with Crippen molar-refractivity contribution in [3.8, 4) is 11.5 Å². The molecule has 0 aliphatic heterocycles. The van der Waals surface area contributed by atoms with E-state index >= 15 is 0 Å². The lowest BCUT2D eigenvalue weighted by Gasteiger charge is -2.37. The van der Waals surface area contributed by atoms with E-state index in [1.807, 2.05) is 51.1 Å². The number of benzene rings is 2. The topological polar surface area (TPSA) is 75.8 Å². The molecule has 1 aromatic heterocycles. The molecule has 6 heteroatoms. The third-order valence-corrected chi connectivity index (χ3v) is 7.38. The van der Waals surface area contributed by atoms with Crippen molar-refractivity contribution < 1.29 is 19.1 Å². The van der Waals surface area contributed by atoms with Crippen molar-refractivity contribution in [3.63, 3.8) is 0 Å². The highest BCUT2D eigenvalue weighted by molar-refractivity contribution is 5.73. The number of oxazole rings is 1. The zero-order valence-electron chi connectivity index (χ0n) is 22.5. The van der Waals surface area contributed by atoms with Gasteiger partial charge in [0.15, 0.2) is 0 Å². The average Bonchev–Trinajstić information content (AvgIpc) is 3.24. The Morgan fingerprint density at radius 1 is 1.11 bits per heavy atom. The molecule has 3 aromatic rings. The van der Waals surface area contributed by atoms with Gasteiger partial charge >= 0.3 is 5.97 Å². The maximum absolute atomic E-state index is 12.2. The number of aromatic nitrogens is 1. The number of rotatable bonds is 11. The van der Waals surface area contributed by atoms with Crippen molar-refractivity contribution >= 4 is 5.97 Å². The molecule has 4 rings (SSSR count). The number of carboxylic acid groups (broad SMARTS) is 1. The van der Waals surface area contributed by atoms with Crippen molar-refractivity contribution in [2.24, 2.45) is 11.8 Å². The Balaban J connectivity index is 1.39. The van der Waals surface area contributed by atoms with E-state index in [1.165, 1.54) is 5.56 Å².